The quantitative estimate of drug-likeness (QED) is 0.147. The minimum Gasteiger partial charge on any atom is -0.256 e. The Hall–Kier alpha value is -4.39. The second-order valence-electron chi connectivity index (χ2n) is 10.6. The number of alkyl halides is 18. The van der Waals surface area contributed by atoms with Crippen LogP contribution in [0.15, 0.2) is 72.9 Å². The number of rotatable bonds is 5. The average molecular weight is 741 g/mol. The van der Waals surface area contributed by atoms with Crippen LogP contribution >= 0.6 is 0 Å². The Kier molecular flexibility index (Phi) is 9.79. The van der Waals surface area contributed by atoms with Gasteiger partial charge in [0.2, 0.25) is 6.71 Å². The van der Waals surface area contributed by atoms with Crippen molar-refractivity contribution in [3.8, 4) is 11.3 Å². The number of aromatic nitrogens is 1. The maximum absolute atomic E-state index is 14.5. The predicted molar refractivity (Wildman–Crippen MR) is 141 cm³/mol. The monoisotopic (exact) mass is 741 g/mol. The van der Waals surface area contributed by atoms with E-state index in [1.165, 1.54) is 24.3 Å². The van der Waals surface area contributed by atoms with Gasteiger partial charge in [-0.05, 0) is 59.2 Å². The summed E-state index contributed by atoms with van der Waals surface area (Å²) in [4.78, 5) is 3.90. The van der Waals surface area contributed by atoms with Crippen LogP contribution in [-0.2, 0) is 43.4 Å². The summed E-state index contributed by atoms with van der Waals surface area (Å²) in [5.74, 6) is 0. The highest BCUT2D eigenvalue weighted by atomic mass is 19.4. The SMILES string of the molecule is FC(F)(F)c1cc(C(F)(F)F)c(B(Cc2ccccc2-c2ccccn2)c2c(C(F)(F)F)cc(C(F)(F)F)cc2C(F)(F)F)c(C(F)(F)F)c1. The van der Waals surface area contributed by atoms with E-state index < -0.39 is 124 Å². The smallest absolute Gasteiger partial charge is 0.256 e. The molecule has 4 aromatic rings. The zero-order valence-electron chi connectivity index (χ0n) is 24.0. The third-order valence-corrected chi connectivity index (χ3v) is 7.32. The lowest BCUT2D eigenvalue weighted by molar-refractivity contribution is -0.149. The van der Waals surface area contributed by atoms with Crippen LogP contribution in [-0.4, -0.2) is 11.7 Å². The van der Waals surface area contributed by atoms with Gasteiger partial charge in [-0.1, -0.05) is 30.3 Å². The third-order valence-electron chi connectivity index (χ3n) is 7.32. The van der Waals surface area contributed by atoms with Crippen molar-refractivity contribution in [1.82, 2.24) is 4.98 Å². The summed E-state index contributed by atoms with van der Waals surface area (Å²) in [6.07, 6.45) is -37.7. The molecule has 20 heteroatoms. The molecule has 0 atom stereocenters. The molecule has 0 saturated heterocycles. The van der Waals surface area contributed by atoms with Gasteiger partial charge in [-0.15, -0.1) is 0 Å². The van der Waals surface area contributed by atoms with Crippen LogP contribution in [0.4, 0.5) is 79.0 Å². The van der Waals surface area contributed by atoms with Gasteiger partial charge in [0.15, 0.2) is 0 Å². The van der Waals surface area contributed by atoms with Gasteiger partial charge >= 0.3 is 37.1 Å². The molecule has 0 unspecified atom stereocenters. The van der Waals surface area contributed by atoms with Crippen molar-refractivity contribution in [3.63, 3.8) is 0 Å². The van der Waals surface area contributed by atoms with E-state index in [0.717, 1.165) is 24.4 Å². The normalized spacial score (nSPS) is 13.5. The minimum absolute atomic E-state index is 0.152. The van der Waals surface area contributed by atoms with E-state index in [1.54, 1.807) is 0 Å². The molecular weight excluding hydrogens is 727 g/mol. The second kappa shape index (κ2) is 12.7. The third kappa shape index (κ3) is 8.14. The van der Waals surface area contributed by atoms with Crippen molar-refractivity contribution >= 4 is 17.6 Å². The highest BCUT2D eigenvalue weighted by molar-refractivity contribution is 6.86. The molecular formula is C30H14BF18N. The molecule has 0 saturated carbocycles. The molecule has 3 aromatic carbocycles. The van der Waals surface area contributed by atoms with Crippen molar-refractivity contribution in [3.05, 3.63) is 112 Å². The summed E-state index contributed by atoms with van der Waals surface area (Å²) in [6, 6.07) is 4.30. The lowest BCUT2D eigenvalue weighted by atomic mass is 9.34. The summed E-state index contributed by atoms with van der Waals surface area (Å²) < 4.78 is 256. The van der Waals surface area contributed by atoms with Crippen molar-refractivity contribution in [1.29, 1.82) is 0 Å². The van der Waals surface area contributed by atoms with Crippen LogP contribution in [0, 0.1) is 0 Å². The Balaban J connectivity index is 2.32. The Bertz CT molecular complexity index is 1680. The summed E-state index contributed by atoms with van der Waals surface area (Å²) in [7, 11) is 0. The number of halogens is 18. The van der Waals surface area contributed by atoms with Gasteiger partial charge in [0.1, 0.15) is 0 Å². The first-order valence-electron chi connectivity index (χ1n) is 13.4. The molecule has 0 fully saturated rings. The Labute approximate surface area is 268 Å². The number of hydrogen-bond donors (Lipinski definition) is 0. The number of benzene rings is 3. The predicted octanol–water partition coefficient (Wildman–Crippen LogP) is 10.3. The number of nitrogens with zero attached hydrogens (tertiary/aromatic N) is 1. The lowest BCUT2D eigenvalue weighted by Gasteiger charge is -2.30. The molecule has 1 aromatic heterocycles. The number of pyridine rings is 1. The lowest BCUT2D eigenvalue weighted by Crippen LogP contribution is -2.54. The second-order valence-corrected chi connectivity index (χ2v) is 10.6. The standard InChI is InChI=1S/C30H14BF18N/c32-25(33,34)15-9-18(27(38,39)40)23(19(10-15)28(41,42)43)31(13-14-5-1-2-6-17(14)22-7-3-4-8-50-22)24-20(29(44,45)46)11-16(26(35,36)37)12-21(24)30(47,48)49/h1-12H,13H2. The van der Waals surface area contributed by atoms with E-state index in [0.29, 0.717) is 0 Å². The molecule has 1 nitrogen and oxygen atoms in total. The van der Waals surface area contributed by atoms with E-state index >= 15 is 0 Å². The van der Waals surface area contributed by atoms with Crippen LogP contribution in [0.2, 0.25) is 0 Å². The summed E-state index contributed by atoms with van der Waals surface area (Å²) in [5.41, 5.74) is -23.0. The van der Waals surface area contributed by atoms with Crippen LogP contribution in [0.25, 0.3) is 11.3 Å². The molecule has 0 radical (unpaired) electrons. The van der Waals surface area contributed by atoms with E-state index in [9.17, 15) is 79.0 Å². The summed E-state index contributed by atoms with van der Waals surface area (Å²) in [6.45, 7) is -3.49. The van der Waals surface area contributed by atoms with E-state index in [1.807, 2.05) is 0 Å². The van der Waals surface area contributed by atoms with Crippen molar-refractivity contribution in [2.45, 2.75) is 43.4 Å². The van der Waals surface area contributed by atoms with Gasteiger partial charge in [0.25, 0.3) is 0 Å². The Morgan fingerprint density at radius 2 is 0.800 bits per heavy atom. The van der Waals surface area contributed by atoms with Gasteiger partial charge in [0, 0.05) is 11.8 Å². The molecule has 0 aliphatic carbocycles. The average Bonchev–Trinajstić information content (AvgIpc) is 2.96. The van der Waals surface area contributed by atoms with Crippen LogP contribution in [0.1, 0.15) is 38.9 Å². The largest absolute Gasteiger partial charge is 0.416 e. The van der Waals surface area contributed by atoms with Crippen molar-refractivity contribution in [2.75, 3.05) is 0 Å². The fraction of sp³-hybridized carbons (Fsp3) is 0.233. The van der Waals surface area contributed by atoms with Crippen molar-refractivity contribution in [2.24, 2.45) is 0 Å². The highest BCUT2D eigenvalue weighted by Gasteiger charge is 2.52. The van der Waals surface area contributed by atoms with Gasteiger partial charge < -0.3 is 0 Å². The first-order chi connectivity index (χ1) is 22.6. The molecule has 0 N–H and O–H groups in total. The molecule has 1 heterocycles. The maximum Gasteiger partial charge on any atom is 0.416 e. The van der Waals surface area contributed by atoms with Crippen LogP contribution in [0.3, 0.4) is 0 Å². The fourth-order valence-electron chi connectivity index (χ4n) is 5.36. The minimum atomic E-state index is -6.31. The molecule has 0 bridgehead atoms. The first kappa shape index (κ1) is 38.4. The molecule has 0 spiro atoms. The summed E-state index contributed by atoms with van der Waals surface area (Å²) in [5, 5.41) is 0. The highest BCUT2D eigenvalue weighted by Crippen LogP contribution is 2.43. The van der Waals surface area contributed by atoms with Gasteiger partial charge in [-0.2, -0.15) is 79.0 Å². The Morgan fingerprint density at radius 1 is 0.440 bits per heavy atom. The van der Waals surface area contributed by atoms with Crippen LogP contribution in [0.5, 0.6) is 0 Å². The summed E-state index contributed by atoms with van der Waals surface area (Å²) >= 11 is 0. The Morgan fingerprint density at radius 3 is 1.12 bits per heavy atom. The fourth-order valence-corrected chi connectivity index (χ4v) is 5.36. The van der Waals surface area contributed by atoms with E-state index in [4.69, 9.17) is 0 Å². The van der Waals surface area contributed by atoms with E-state index in [2.05, 4.69) is 4.98 Å². The topological polar surface area (TPSA) is 12.9 Å². The molecule has 0 aliphatic heterocycles. The van der Waals surface area contributed by atoms with Gasteiger partial charge in [-0.3, -0.25) is 4.98 Å². The molecule has 4 rings (SSSR count). The van der Waals surface area contributed by atoms with Gasteiger partial charge in [-0.25, -0.2) is 0 Å². The molecule has 0 aliphatic rings. The molecule has 0 amide bonds. The zero-order chi connectivity index (χ0) is 37.8. The number of hydrogen-bond acceptors (Lipinski definition) is 1. The molecule has 50 heavy (non-hydrogen) atoms. The van der Waals surface area contributed by atoms with E-state index in [-0.39, 0.29) is 11.3 Å². The first-order valence-corrected chi connectivity index (χ1v) is 13.4. The maximum atomic E-state index is 14.5. The van der Waals surface area contributed by atoms with Gasteiger partial charge in [0.05, 0.1) is 39.1 Å². The van der Waals surface area contributed by atoms with Crippen molar-refractivity contribution < 1.29 is 79.0 Å². The van der Waals surface area contributed by atoms with Crippen LogP contribution < -0.4 is 10.9 Å². The zero-order valence-corrected chi connectivity index (χ0v) is 24.0. The molecule has 268 valence electrons.